The number of ether oxygens (including phenoxy) is 1. The highest BCUT2D eigenvalue weighted by Crippen LogP contribution is 2.10. The van der Waals surface area contributed by atoms with Gasteiger partial charge in [0, 0.05) is 25.9 Å². The lowest BCUT2D eigenvalue weighted by Crippen LogP contribution is -2.39. The van der Waals surface area contributed by atoms with E-state index in [9.17, 15) is 9.59 Å². The smallest absolute Gasteiger partial charge is 0.410 e. The van der Waals surface area contributed by atoms with Crippen LogP contribution < -0.4 is 0 Å². The molecule has 0 aliphatic carbocycles. The van der Waals surface area contributed by atoms with Gasteiger partial charge in [0.2, 0.25) is 0 Å². The number of ketones is 1. The van der Waals surface area contributed by atoms with Crippen molar-refractivity contribution in [2.45, 2.75) is 23.9 Å². The molecule has 0 aromatic rings. The van der Waals surface area contributed by atoms with Crippen molar-refractivity contribution in [3.8, 4) is 0 Å². The summed E-state index contributed by atoms with van der Waals surface area (Å²) in [6, 6.07) is 0. The second kappa shape index (κ2) is 4.78. The van der Waals surface area contributed by atoms with Gasteiger partial charge in [0.05, 0.1) is 0 Å². The highest BCUT2D eigenvalue weighted by molar-refractivity contribution is 14.1. The van der Waals surface area contributed by atoms with Crippen LogP contribution in [0, 0.1) is 0 Å². The zero-order valence-electron chi connectivity index (χ0n) is 7.46. The molecule has 0 aromatic carbocycles. The molecule has 1 atom stereocenters. The number of hydrogen-bond donors (Lipinski definition) is 0. The van der Waals surface area contributed by atoms with Crippen molar-refractivity contribution in [2.24, 2.45) is 0 Å². The first-order valence-corrected chi connectivity index (χ1v) is 5.45. The van der Waals surface area contributed by atoms with Crippen molar-refractivity contribution in [1.29, 1.82) is 0 Å². The van der Waals surface area contributed by atoms with Gasteiger partial charge in [-0.25, -0.2) is 4.79 Å². The summed E-state index contributed by atoms with van der Waals surface area (Å²) >= 11 is 2.02. The molecule has 13 heavy (non-hydrogen) atoms. The van der Waals surface area contributed by atoms with Gasteiger partial charge in [0.1, 0.15) is 5.78 Å². The molecule has 0 radical (unpaired) electrons. The molecular weight excluding hydrogens is 285 g/mol. The topological polar surface area (TPSA) is 46.6 Å². The number of Topliss-reactive ketones (excluding diaryl/α,β-unsaturated/α-hetero) is 1. The fourth-order valence-electron chi connectivity index (χ4n) is 1.15. The van der Waals surface area contributed by atoms with Crippen LogP contribution in [0.15, 0.2) is 0 Å². The summed E-state index contributed by atoms with van der Waals surface area (Å²) < 4.78 is 4.86. The first-order valence-electron chi connectivity index (χ1n) is 4.21. The number of hydrogen-bond acceptors (Lipinski definition) is 3. The quantitative estimate of drug-likeness (QED) is 0.545. The summed E-state index contributed by atoms with van der Waals surface area (Å²) in [5, 5.41) is 0. The monoisotopic (exact) mass is 297 g/mol. The van der Waals surface area contributed by atoms with E-state index in [1.54, 1.807) is 11.8 Å². The van der Waals surface area contributed by atoms with Crippen LogP contribution in [0.4, 0.5) is 4.79 Å². The number of carbonyl (C=O) groups excluding carboxylic acids is 2. The van der Waals surface area contributed by atoms with Gasteiger partial charge in [-0.2, -0.15) is 0 Å². The fourth-order valence-corrected chi connectivity index (χ4v) is 1.37. The van der Waals surface area contributed by atoms with E-state index in [4.69, 9.17) is 4.74 Å². The van der Waals surface area contributed by atoms with Crippen molar-refractivity contribution in [1.82, 2.24) is 4.90 Å². The highest BCUT2D eigenvalue weighted by atomic mass is 127. The van der Waals surface area contributed by atoms with E-state index in [0.717, 1.165) is 0 Å². The van der Waals surface area contributed by atoms with Crippen LogP contribution in [-0.2, 0) is 9.53 Å². The Morgan fingerprint density at radius 1 is 1.54 bits per heavy atom. The molecule has 1 amide bonds. The molecule has 1 rings (SSSR count). The molecule has 1 fully saturated rings. The zero-order valence-corrected chi connectivity index (χ0v) is 9.61. The number of rotatable bonds is 1. The second-order valence-electron chi connectivity index (χ2n) is 2.95. The van der Waals surface area contributed by atoms with E-state index < -0.39 is 0 Å². The van der Waals surface area contributed by atoms with Gasteiger partial charge >= 0.3 is 6.09 Å². The molecular formula is C8H12INO3. The molecule has 1 unspecified atom stereocenters. The predicted molar refractivity (Wildman–Crippen MR) is 55.8 cm³/mol. The lowest BCUT2D eigenvalue weighted by molar-refractivity contribution is -0.121. The average molecular weight is 297 g/mol. The van der Waals surface area contributed by atoms with Gasteiger partial charge in [-0.3, -0.25) is 4.79 Å². The molecule has 0 saturated carbocycles. The van der Waals surface area contributed by atoms with Crippen molar-refractivity contribution in [3.05, 3.63) is 0 Å². The van der Waals surface area contributed by atoms with E-state index in [-0.39, 0.29) is 16.0 Å². The number of likely N-dealkylation sites (tertiary alicyclic amines) is 1. The molecule has 74 valence electrons. The van der Waals surface area contributed by atoms with Crippen LogP contribution in [0.1, 0.15) is 19.8 Å². The molecule has 1 aliphatic heterocycles. The molecule has 0 N–H and O–H groups in total. The Bertz CT molecular complexity index is 207. The highest BCUT2D eigenvalue weighted by Gasteiger charge is 2.22. The van der Waals surface area contributed by atoms with Crippen molar-refractivity contribution in [3.63, 3.8) is 0 Å². The minimum absolute atomic E-state index is 0.122. The summed E-state index contributed by atoms with van der Waals surface area (Å²) in [5.74, 6) is 0.228. The molecule has 0 aromatic heterocycles. The summed E-state index contributed by atoms with van der Waals surface area (Å²) in [7, 11) is 0. The largest absolute Gasteiger partial charge is 0.436 e. The van der Waals surface area contributed by atoms with Gasteiger partial charge < -0.3 is 9.64 Å². The Kier molecular flexibility index (Phi) is 3.95. The number of amides is 1. The first-order chi connectivity index (χ1) is 6.09. The third kappa shape index (κ3) is 3.50. The normalized spacial score (nSPS) is 19.8. The maximum atomic E-state index is 11.3. The Balaban J connectivity index is 2.35. The SMILES string of the molecule is CC(I)OC(=O)N1CCC(=O)CC1. The van der Waals surface area contributed by atoms with Gasteiger partial charge in [-0.1, -0.05) is 0 Å². The Hall–Kier alpha value is -0.330. The van der Waals surface area contributed by atoms with Crippen LogP contribution in [0.3, 0.4) is 0 Å². The Labute approximate surface area is 90.7 Å². The fraction of sp³-hybridized carbons (Fsp3) is 0.750. The van der Waals surface area contributed by atoms with E-state index >= 15 is 0 Å². The van der Waals surface area contributed by atoms with E-state index in [0.29, 0.717) is 25.9 Å². The zero-order chi connectivity index (χ0) is 9.84. The Morgan fingerprint density at radius 3 is 2.54 bits per heavy atom. The van der Waals surface area contributed by atoms with Crippen LogP contribution in [0.25, 0.3) is 0 Å². The summed E-state index contributed by atoms with van der Waals surface area (Å²) in [6.45, 7) is 2.80. The minimum Gasteiger partial charge on any atom is -0.436 e. The molecule has 1 saturated heterocycles. The van der Waals surface area contributed by atoms with Crippen LogP contribution in [0.2, 0.25) is 0 Å². The maximum Gasteiger partial charge on any atom is 0.410 e. The first kappa shape index (κ1) is 10.7. The summed E-state index contributed by atoms with van der Waals surface area (Å²) in [4.78, 5) is 23.8. The van der Waals surface area contributed by atoms with Crippen molar-refractivity contribution in [2.75, 3.05) is 13.1 Å². The molecule has 5 heteroatoms. The van der Waals surface area contributed by atoms with Gasteiger partial charge in [-0.15, -0.1) is 0 Å². The standard InChI is InChI=1S/C8H12INO3/c1-6(9)13-8(12)10-4-2-7(11)3-5-10/h6H,2-5H2,1H3. The van der Waals surface area contributed by atoms with Crippen LogP contribution in [-0.4, -0.2) is 34.0 Å². The molecule has 1 aliphatic rings. The van der Waals surface area contributed by atoms with Gasteiger partial charge in [0.25, 0.3) is 0 Å². The van der Waals surface area contributed by atoms with Gasteiger partial charge in [0.15, 0.2) is 4.11 Å². The number of alkyl halides is 1. The van der Waals surface area contributed by atoms with Gasteiger partial charge in [-0.05, 0) is 29.5 Å². The van der Waals surface area contributed by atoms with Crippen molar-refractivity contribution >= 4 is 34.5 Å². The number of halogens is 1. The molecule has 0 bridgehead atoms. The molecule has 4 nitrogen and oxygen atoms in total. The van der Waals surface area contributed by atoms with Crippen LogP contribution >= 0.6 is 22.6 Å². The lowest BCUT2D eigenvalue weighted by atomic mass is 10.1. The third-order valence-corrected chi connectivity index (χ3v) is 2.10. The van der Waals surface area contributed by atoms with Crippen LogP contribution in [0.5, 0.6) is 0 Å². The third-order valence-electron chi connectivity index (χ3n) is 1.84. The summed E-state index contributed by atoms with van der Waals surface area (Å²) in [6.07, 6.45) is 0.615. The van der Waals surface area contributed by atoms with E-state index in [1.165, 1.54) is 0 Å². The number of nitrogens with zero attached hydrogens (tertiary/aromatic N) is 1. The van der Waals surface area contributed by atoms with E-state index in [1.807, 2.05) is 22.6 Å². The second-order valence-corrected chi connectivity index (χ2v) is 4.71. The molecule has 1 heterocycles. The molecule has 0 spiro atoms. The number of piperidine rings is 1. The number of carbonyl (C=O) groups is 2. The lowest BCUT2D eigenvalue weighted by Gasteiger charge is -2.25. The van der Waals surface area contributed by atoms with E-state index in [2.05, 4.69) is 0 Å². The average Bonchev–Trinajstić information content (AvgIpc) is 2.04. The van der Waals surface area contributed by atoms with Crippen molar-refractivity contribution < 1.29 is 14.3 Å². The predicted octanol–water partition coefficient (Wildman–Crippen LogP) is 1.57. The summed E-state index contributed by atoms with van der Waals surface area (Å²) in [5.41, 5.74) is 0. The Morgan fingerprint density at radius 2 is 2.08 bits per heavy atom. The minimum atomic E-state index is -0.311. The maximum absolute atomic E-state index is 11.3.